The monoisotopic (exact) mass is 273 g/mol. The van der Waals surface area contributed by atoms with Crippen LogP contribution in [0.4, 0.5) is 0 Å². The fraction of sp³-hybridized carbons (Fsp3) is 0.467. The van der Waals surface area contributed by atoms with E-state index in [2.05, 4.69) is 5.10 Å². The molecule has 3 rings (SSSR count). The Hall–Kier alpha value is -1.88. The number of hydrogen-bond donors (Lipinski definition) is 1. The number of hydrogen-bond acceptors (Lipinski definition) is 3. The fourth-order valence-corrected chi connectivity index (χ4v) is 2.94. The molecule has 1 aliphatic heterocycles. The molecule has 0 aliphatic carbocycles. The van der Waals surface area contributed by atoms with Crippen LogP contribution < -0.4 is 0 Å². The second-order valence-corrected chi connectivity index (χ2v) is 5.36. The molecule has 1 saturated heterocycles. The first-order chi connectivity index (χ1) is 9.79. The van der Waals surface area contributed by atoms with Gasteiger partial charge in [0.05, 0.1) is 17.3 Å². The standard InChI is InChI=1S/C15H19N3O2/c19-9-6-12-4-3-7-17(11-12)15(20)13-10-16-18-8-2-1-5-14(13)18/h1-2,5,8,10,12,19H,3-4,6-7,9,11H2. The van der Waals surface area contributed by atoms with Crippen molar-refractivity contribution in [3.8, 4) is 0 Å². The SMILES string of the molecule is O=C(c1cnn2ccccc12)N1CCCC(CCO)C1. The third-order valence-electron chi connectivity index (χ3n) is 4.00. The highest BCUT2D eigenvalue weighted by atomic mass is 16.3. The van der Waals surface area contributed by atoms with E-state index in [0.29, 0.717) is 11.5 Å². The van der Waals surface area contributed by atoms with Gasteiger partial charge in [-0.05, 0) is 37.3 Å². The van der Waals surface area contributed by atoms with E-state index in [-0.39, 0.29) is 12.5 Å². The van der Waals surface area contributed by atoms with Crippen LogP contribution in [0.2, 0.25) is 0 Å². The first kappa shape index (κ1) is 13.1. The summed E-state index contributed by atoms with van der Waals surface area (Å²) in [6, 6.07) is 5.72. The lowest BCUT2D eigenvalue weighted by Crippen LogP contribution is -2.40. The van der Waals surface area contributed by atoms with Crippen molar-refractivity contribution in [3.63, 3.8) is 0 Å². The molecule has 1 fully saturated rings. The van der Waals surface area contributed by atoms with Crippen LogP contribution in [-0.4, -0.2) is 45.2 Å². The van der Waals surface area contributed by atoms with Gasteiger partial charge in [0.2, 0.25) is 0 Å². The van der Waals surface area contributed by atoms with E-state index in [4.69, 9.17) is 5.11 Å². The lowest BCUT2D eigenvalue weighted by atomic mass is 9.95. The first-order valence-electron chi connectivity index (χ1n) is 7.12. The molecule has 2 aromatic heterocycles. The molecule has 5 nitrogen and oxygen atoms in total. The summed E-state index contributed by atoms with van der Waals surface area (Å²) < 4.78 is 1.72. The van der Waals surface area contributed by atoms with Crippen molar-refractivity contribution in [2.45, 2.75) is 19.3 Å². The van der Waals surface area contributed by atoms with Gasteiger partial charge in [-0.2, -0.15) is 5.10 Å². The normalized spacial score (nSPS) is 19.4. The number of likely N-dealkylation sites (tertiary alicyclic amines) is 1. The van der Waals surface area contributed by atoms with Crippen LogP contribution >= 0.6 is 0 Å². The number of aromatic nitrogens is 2. The molecule has 106 valence electrons. The third-order valence-corrected chi connectivity index (χ3v) is 4.00. The predicted molar refractivity (Wildman–Crippen MR) is 75.5 cm³/mol. The number of carbonyl (C=O) groups excluding carboxylic acids is 1. The van der Waals surface area contributed by atoms with Crippen LogP contribution in [0, 0.1) is 5.92 Å². The number of amides is 1. The average Bonchev–Trinajstić information content (AvgIpc) is 2.91. The Kier molecular flexibility index (Phi) is 3.69. The molecular weight excluding hydrogens is 254 g/mol. The minimum absolute atomic E-state index is 0.0499. The van der Waals surface area contributed by atoms with Gasteiger partial charge in [-0.15, -0.1) is 0 Å². The van der Waals surface area contributed by atoms with Gasteiger partial charge >= 0.3 is 0 Å². The Morgan fingerprint density at radius 2 is 2.35 bits per heavy atom. The highest BCUT2D eigenvalue weighted by Gasteiger charge is 2.25. The second kappa shape index (κ2) is 5.63. The van der Waals surface area contributed by atoms with Gasteiger partial charge in [0.1, 0.15) is 0 Å². The van der Waals surface area contributed by atoms with Crippen molar-refractivity contribution in [2.24, 2.45) is 5.92 Å². The maximum atomic E-state index is 12.6. The topological polar surface area (TPSA) is 57.8 Å². The highest BCUT2D eigenvalue weighted by molar-refractivity contribution is 6.00. The van der Waals surface area contributed by atoms with Crippen molar-refractivity contribution in [3.05, 3.63) is 36.2 Å². The molecule has 1 unspecified atom stereocenters. The van der Waals surface area contributed by atoms with Gasteiger partial charge in [-0.1, -0.05) is 6.07 Å². The first-order valence-corrected chi connectivity index (χ1v) is 7.12. The van der Waals surface area contributed by atoms with Crippen LogP contribution in [0.3, 0.4) is 0 Å². The number of carbonyl (C=O) groups is 1. The minimum Gasteiger partial charge on any atom is -0.396 e. The van der Waals surface area contributed by atoms with Gasteiger partial charge in [0.25, 0.3) is 5.91 Å². The molecule has 5 heteroatoms. The van der Waals surface area contributed by atoms with Gasteiger partial charge in [0, 0.05) is 25.9 Å². The van der Waals surface area contributed by atoms with Gasteiger partial charge < -0.3 is 10.0 Å². The molecule has 2 aromatic rings. The third kappa shape index (κ3) is 2.41. The molecule has 3 heterocycles. The largest absolute Gasteiger partial charge is 0.396 e. The Morgan fingerprint density at radius 1 is 1.45 bits per heavy atom. The molecular formula is C15H19N3O2. The molecule has 0 radical (unpaired) electrons. The van der Waals surface area contributed by atoms with E-state index in [1.165, 1.54) is 0 Å². The molecule has 1 atom stereocenters. The van der Waals surface area contributed by atoms with E-state index in [9.17, 15) is 4.79 Å². The maximum absolute atomic E-state index is 12.6. The van der Waals surface area contributed by atoms with Crippen LogP contribution in [0.25, 0.3) is 5.52 Å². The molecule has 1 amide bonds. The molecule has 0 aromatic carbocycles. The Balaban J connectivity index is 1.81. The van der Waals surface area contributed by atoms with Crippen LogP contribution in [0.15, 0.2) is 30.6 Å². The molecule has 0 bridgehead atoms. The molecule has 20 heavy (non-hydrogen) atoms. The quantitative estimate of drug-likeness (QED) is 0.923. The molecule has 0 spiro atoms. The van der Waals surface area contributed by atoms with Crippen LogP contribution in [0.5, 0.6) is 0 Å². The number of pyridine rings is 1. The summed E-state index contributed by atoms with van der Waals surface area (Å²) in [7, 11) is 0. The number of aliphatic hydroxyl groups excluding tert-OH is 1. The van der Waals surface area contributed by atoms with Crippen molar-refractivity contribution < 1.29 is 9.90 Å². The summed E-state index contributed by atoms with van der Waals surface area (Å²) in [6.45, 7) is 1.73. The predicted octanol–water partition coefficient (Wildman–Crippen LogP) is 1.57. The second-order valence-electron chi connectivity index (χ2n) is 5.36. The summed E-state index contributed by atoms with van der Waals surface area (Å²) in [4.78, 5) is 14.5. The molecule has 0 saturated carbocycles. The molecule has 1 N–H and O–H groups in total. The summed E-state index contributed by atoms with van der Waals surface area (Å²) >= 11 is 0. The minimum atomic E-state index is 0.0499. The lowest BCUT2D eigenvalue weighted by Gasteiger charge is -2.32. The summed E-state index contributed by atoms with van der Waals surface area (Å²) in [5, 5.41) is 13.3. The van der Waals surface area contributed by atoms with E-state index >= 15 is 0 Å². The van der Waals surface area contributed by atoms with E-state index in [1.54, 1.807) is 10.7 Å². The van der Waals surface area contributed by atoms with E-state index in [1.807, 2.05) is 29.3 Å². The van der Waals surface area contributed by atoms with Crippen molar-refractivity contribution in [2.75, 3.05) is 19.7 Å². The lowest BCUT2D eigenvalue weighted by molar-refractivity contribution is 0.0655. The summed E-state index contributed by atoms with van der Waals surface area (Å²) in [6.07, 6.45) is 6.37. The van der Waals surface area contributed by atoms with Crippen molar-refractivity contribution >= 4 is 11.4 Å². The van der Waals surface area contributed by atoms with Gasteiger partial charge in [-0.3, -0.25) is 4.79 Å². The van der Waals surface area contributed by atoms with E-state index < -0.39 is 0 Å². The average molecular weight is 273 g/mol. The van der Waals surface area contributed by atoms with Gasteiger partial charge in [-0.25, -0.2) is 4.52 Å². The van der Waals surface area contributed by atoms with Crippen molar-refractivity contribution in [1.29, 1.82) is 0 Å². The van der Waals surface area contributed by atoms with E-state index in [0.717, 1.165) is 37.9 Å². The van der Waals surface area contributed by atoms with Crippen LogP contribution in [-0.2, 0) is 0 Å². The van der Waals surface area contributed by atoms with Crippen molar-refractivity contribution in [1.82, 2.24) is 14.5 Å². The zero-order chi connectivity index (χ0) is 13.9. The molecule has 1 aliphatic rings. The Bertz CT molecular complexity index is 606. The number of nitrogens with zero attached hydrogens (tertiary/aromatic N) is 3. The van der Waals surface area contributed by atoms with Gasteiger partial charge in [0.15, 0.2) is 0 Å². The Labute approximate surface area is 117 Å². The highest BCUT2D eigenvalue weighted by Crippen LogP contribution is 2.22. The smallest absolute Gasteiger partial charge is 0.257 e. The zero-order valence-corrected chi connectivity index (χ0v) is 11.4. The number of aliphatic hydroxyl groups is 1. The van der Waals surface area contributed by atoms with Crippen LogP contribution in [0.1, 0.15) is 29.6 Å². The number of fused-ring (bicyclic) bond motifs is 1. The maximum Gasteiger partial charge on any atom is 0.257 e. The summed E-state index contributed by atoms with van der Waals surface area (Å²) in [5.74, 6) is 0.466. The zero-order valence-electron chi connectivity index (χ0n) is 11.4. The Morgan fingerprint density at radius 3 is 3.20 bits per heavy atom. The summed E-state index contributed by atoms with van der Waals surface area (Å²) in [5.41, 5.74) is 1.51. The number of piperidine rings is 1. The fourth-order valence-electron chi connectivity index (χ4n) is 2.94. The number of rotatable bonds is 3.